The van der Waals surface area contributed by atoms with Gasteiger partial charge >= 0.3 is 0 Å². The summed E-state index contributed by atoms with van der Waals surface area (Å²) in [6, 6.07) is 12.8. The predicted octanol–water partition coefficient (Wildman–Crippen LogP) is 4.62. The molecule has 0 saturated carbocycles. The number of rotatable bonds is 5. The number of aryl methyl sites for hydroxylation is 1. The quantitative estimate of drug-likeness (QED) is 0.564. The summed E-state index contributed by atoms with van der Waals surface area (Å²) in [5.41, 5.74) is 4.56. The van der Waals surface area contributed by atoms with E-state index < -0.39 is 0 Å². The van der Waals surface area contributed by atoms with Crippen LogP contribution in [0.4, 0.5) is 4.39 Å². The highest BCUT2D eigenvalue weighted by molar-refractivity contribution is 5.83. The van der Waals surface area contributed by atoms with Crippen molar-refractivity contribution in [3.8, 4) is 12.0 Å². The third-order valence-electron chi connectivity index (χ3n) is 6.49. The molecule has 4 rings (SSSR count). The molecule has 5 heteroatoms. The second-order valence-electron chi connectivity index (χ2n) is 8.82. The molecular weight excluding hydrogens is 387 g/mol. The highest BCUT2D eigenvalue weighted by Crippen LogP contribution is 2.23. The van der Waals surface area contributed by atoms with Gasteiger partial charge in [-0.15, -0.1) is 0 Å². The van der Waals surface area contributed by atoms with Gasteiger partial charge in [0.25, 0.3) is 0 Å². The lowest BCUT2D eigenvalue weighted by Crippen LogP contribution is -2.41. The largest absolute Gasteiger partial charge is 0.334 e. The Morgan fingerprint density at radius 3 is 2.61 bits per heavy atom. The van der Waals surface area contributed by atoms with Crippen molar-refractivity contribution in [2.45, 2.75) is 51.7 Å². The molecule has 0 bridgehead atoms. The van der Waals surface area contributed by atoms with Crippen molar-refractivity contribution in [1.82, 2.24) is 19.7 Å². The van der Waals surface area contributed by atoms with E-state index in [1.165, 1.54) is 35.4 Å². The Morgan fingerprint density at radius 2 is 1.94 bits per heavy atom. The van der Waals surface area contributed by atoms with E-state index in [0.29, 0.717) is 18.9 Å². The number of fused-ring (bicyclic) bond motifs is 1. The molecule has 0 radical (unpaired) electrons. The Kier molecular flexibility index (Phi) is 6.80. The second kappa shape index (κ2) is 9.72. The molecule has 1 N–H and O–H groups in total. The van der Waals surface area contributed by atoms with E-state index in [2.05, 4.69) is 76.9 Å². The number of piperidine rings is 1. The van der Waals surface area contributed by atoms with E-state index in [4.69, 9.17) is 0 Å². The SMILES string of the molecule is CCn1c(C#CNC2=CC=C(F)CC2)cc2cc(CN3CCC(N(C)C)CC3)ccc21. The first-order valence-corrected chi connectivity index (χ1v) is 11.4. The number of hydrogen-bond donors (Lipinski definition) is 1. The van der Waals surface area contributed by atoms with Crippen LogP contribution in [-0.2, 0) is 13.1 Å². The van der Waals surface area contributed by atoms with Gasteiger partial charge in [-0.3, -0.25) is 4.90 Å². The first kappa shape index (κ1) is 21.7. The number of benzene rings is 1. The van der Waals surface area contributed by atoms with Crippen LogP contribution in [0.5, 0.6) is 0 Å². The molecular formula is C26H33FN4. The standard InChI is InChI=1S/C26H33FN4/c1-4-31-25(11-14-28-23-8-6-22(27)7-9-23)18-21-17-20(5-10-26(21)31)19-30-15-12-24(13-16-30)29(2)3/h5-6,8,10,17-18,24,28H,4,7,9,12-13,15-16,19H2,1-3H3. The molecule has 1 fully saturated rings. The Hall–Kier alpha value is -2.55. The first-order valence-electron chi connectivity index (χ1n) is 11.4. The summed E-state index contributed by atoms with van der Waals surface area (Å²) >= 11 is 0. The maximum atomic E-state index is 13.1. The van der Waals surface area contributed by atoms with Crippen molar-refractivity contribution in [2.75, 3.05) is 27.2 Å². The van der Waals surface area contributed by atoms with Crippen molar-refractivity contribution >= 4 is 10.9 Å². The second-order valence-corrected chi connectivity index (χ2v) is 8.82. The number of halogens is 1. The van der Waals surface area contributed by atoms with Crippen molar-refractivity contribution < 1.29 is 4.39 Å². The molecule has 1 aliphatic heterocycles. The lowest BCUT2D eigenvalue weighted by atomic mass is 10.0. The predicted molar refractivity (Wildman–Crippen MR) is 126 cm³/mol. The molecule has 1 saturated heterocycles. The van der Waals surface area contributed by atoms with Crippen molar-refractivity contribution in [3.63, 3.8) is 0 Å². The van der Waals surface area contributed by atoms with Gasteiger partial charge in [-0.25, -0.2) is 4.39 Å². The Morgan fingerprint density at radius 1 is 1.13 bits per heavy atom. The van der Waals surface area contributed by atoms with Gasteiger partial charge in [0.2, 0.25) is 0 Å². The average molecular weight is 421 g/mol. The minimum Gasteiger partial charge on any atom is -0.334 e. The van der Waals surface area contributed by atoms with Gasteiger partial charge in [0, 0.05) is 48.2 Å². The number of allylic oxidation sites excluding steroid dienone is 4. The fraction of sp³-hybridized carbons (Fsp3) is 0.462. The zero-order chi connectivity index (χ0) is 21.8. The van der Waals surface area contributed by atoms with Crippen LogP contribution < -0.4 is 5.32 Å². The summed E-state index contributed by atoms with van der Waals surface area (Å²) < 4.78 is 15.4. The maximum absolute atomic E-state index is 13.1. The molecule has 0 amide bonds. The van der Waals surface area contributed by atoms with E-state index in [1.807, 2.05) is 0 Å². The summed E-state index contributed by atoms with van der Waals surface area (Å²) in [5.74, 6) is 3.19. The Labute approximate surface area is 185 Å². The van der Waals surface area contributed by atoms with Gasteiger partial charge < -0.3 is 14.8 Å². The van der Waals surface area contributed by atoms with Crippen molar-refractivity contribution in [2.24, 2.45) is 0 Å². The normalized spacial score (nSPS) is 18.0. The zero-order valence-corrected chi connectivity index (χ0v) is 18.9. The van der Waals surface area contributed by atoms with Crippen LogP contribution in [-0.4, -0.2) is 47.6 Å². The zero-order valence-electron chi connectivity index (χ0n) is 18.9. The highest BCUT2D eigenvalue weighted by atomic mass is 19.1. The van der Waals surface area contributed by atoms with Crippen LogP contribution in [0.25, 0.3) is 10.9 Å². The molecule has 1 aromatic carbocycles. The molecule has 0 unspecified atom stereocenters. The summed E-state index contributed by atoms with van der Waals surface area (Å²) in [6.07, 6.45) is 6.89. The van der Waals surface area contributed by atoms with Gasteiger partial charge in [-0.05, 0) is 95.2 Å². The minimum atomic E-state index is -0.0671. The topological polar surface area (TPSA) is 23.4 Å². The van der Waals surface area contributed by atoms with E-state index in [0.717, 1.165) is 37.6 Å². The molecule has 2 aromatic rings. The summed E-state index contributed by atoms with van der Waals surface area (Å²) in [5, 5.41) is 4.37. The summed E-state index contributed by atoms with van der Waals surface area (Å²) in [6.45, 7) is 6.36. The van der Waals surface area contributed by atoms with Crippen LogP contribution >= 0.6 is 0 Å². The van der Waals surface area contributed by atoms with E-state index in [-0.39, 0.29) is 5.83 Å². The van der Waals surface area contributed by atoms with Gasteiger partial charge in [0.15, 0.2) is 0 Å². The van der Waals surface area contributed by atoms with Gasteiger partial charge in [-0.2, -0.15) is 0 Å². The summed E-state index contributed by atoms with van der Waals surface area (Å²) in [4.78, 5) is 4.92. The lowest BCUT2D eigenvalue weighted by molar-refractivity contribution is 0.140. The molecule has 0 atom stereocenters. The van der Waals surface area contributed by atoms with Crippen LogP contribution in [0.1, 0.15) is 43.9 Å². The van der Waals surface area contributed by atoms with Crippen molar-refractivity contribution in [1.29, 1.82) is 0 Å². The molecule has 0 spiro atoms. The number of nitrogens with zero attached hydrogens (tertiary/aromatic N) is 3. The first-order chi connectivity index (χ1) is 15.0. The lowest BCUT2D eigenvalue weighted by Gasteiger charge is -2.35. The number of nitrogens with one attached hydrogen (secondary N) is 1. The average Bonchev–Trinajstić information content (AvgIpc) is 3.12. The van der Waals surface area contributed by atoms with E-state index in [1.54, 1.807) is 6.08 Å². The highest BCUT2D eigenvalue weighted by Gasteiger charge is 2.20. The number of aromatic nitrogens is 1. The molecule has 1 aliphatic carbocycles. The van der Waals surface area contributed by atoms with E-state index in [9.17, 15) is 4.39 Å². The fourth-order valence-corrected chi connectivity index (χ4v) is 4.61. The smallest absolute Gasteiger partial charge is 0.100 e. The molecule has 1 aromatic heterocycles. The number of likely N-dealkylation sites (tertiary alicyclic amines) is 1. The monoisotopic (exact) mass is 420 g/mol. The van der Waals surface area contributed by atoms with E-state index >= 15 is 0 Å². The van der Waals surface area contributed by atoms with Crippen LogP contribution in [0.2, 0.25) is 0 Å². The number of hydrogen-bond acceptors (Lipinski definition) is 3. The van der Waals surface area contributed by atoms with Gasteiger partial charge in [0.1, 0.15) is 5.83 Å². The van der Waals surface area contributed by atoms with Gasteiger partial charge in [0.05, 0.1) is 5.69 Å². The van der Waals surface area contributed by atoms with Crippen molar-refractivity contribution in [3.05, 3.63) is 59.2 Å². The van der Waals surface area contributed by atoms with Crippen LogP contribution in [0, 0.1) is 12.0 Å². The maximum Gasteiger partial charge on any atom is 0.100 e. The fourth-order valence-electron chi connectivity index (χ4n) is 4.61. The van der Waals surface area contributed by atoms with Crippen LogP contribution in [0.3, 0.4) is 0 Å². The minimum absolute atomic E-state index is 0.0671. The molecule has 4 nitrogen and oxygen atoms in total. The molecule has 31 heavy (non-hydrogen) atoms. The molecule has 164 valence electrons. The molecule has 2 heterocycles. The summed E-state index contributed by atoms with van der Waals surface area (Å²) in [7, 11) is 4.37. The molecule has 2 aliphatic rings. The Balaban J connectivity index is 1.46. The third-order valence-corrected chi connectivity index (χ3v) is 6.49. The van der Waals surface area contributed by atoms with Crippen LogP contribution in [0.15, 0.2) is 47.9 Å². The Bertz CT molecular complexity index is 1040. The van der Waals surface area contributed by atoms with Gasteiger partial charge in [-0.1, -0.05) is 6.07 Å². The third kappa shape index (κ3) is 5.20.